The maximum atomic E-state index is 13.6. The number of nitrogens with one attached hydrogen (secondary N) is 1. The van der Waals surface area contributed by atoms with Gasteiger partial charge in [-0.1, -0.05) is 6.07 Å². The van der Waals surface area contributed by atoms with Crippen LogP contribution in [0.1, 0.15) is 35.9 Å². The van der Waals surface area contributed by atoms with Gasteiger partial charge in [0.05, 0.1) is 18.5 Å². The Morgan fingerprint density at radius 3 is 2.67 bits per heavy atom. The summed E-state index contributed by atoms with van der Waals surface area (Å²) in [7, 11) is 0. The maximum Gasteiger partial charge on any atom is 0.434 e. The third-order valence-corrected chi connectivity index (χ3v) is 4.10. The summed E-state index contributed by atoms with van der Waals surface area (Å²) < 4.78 is 47.6. The Kier molecular flexibility index (Phi) is 5.85. The van der Waals surface area contributed by atoms with Crippen molar-refractivity contribution < 1.29 is 27.5 Å². The van der Waals surface area contributed by atoms with Crippen LogP contribution in [0.2, 0.25) is 0 Å². The van der Waals surface area contributed by atoms with Crippen molar-refractivity contribution in [3.05, 3.63) is 54.4 Å². The zero-order chi connectivity index (χ0) is 21.9. The van der Waals surface area contributed by atoms with Crippen LogP contribution in [0.25, 0.3) is 5.69 Å². The lowest BCUT2D eigenvalue weighted by Crippen LogP contribution is -2.24. The Labute approximate surface area is 168 Å². The predicted molar refractivity (Wildman–Crippen MR) is 97.9 cm³/mol. The SMILES string of the molecule is CCOC(=O)c1cnn(-c2cccc(NC(=O)C(C)n3cncn3)c2)c1C(F)(F)F. The molecule has 0 spiro atoms. The third-order valence-electron chi connectivity index (χ3n) is 4.10. The zero-order valence-corrected chi connectivity index (χ0v) is 15.9. The molecule has 158 valence electrons. The van der Waals surface area contributed by atoms with Crippen molar-refractivity contribution in [1.82, 2.24) is 24.5 Å². The molecule has 2 heterocycles. The second-order valence-electron chi connectivity index (χ2n) is 6.13. The van der Waals surface area contributed by atoms with Crippen molar-refractivity contribution in [3.8, 4) is 5.69 Å². The number of benzene rings is 1. The van der Waals surface area contributed by atoms with Gasteiger partial charge in [0.15, 0.2) is 5.69 Å². The van der Waals surface area contributed by atoms with Crippen molar-refractivity contribution in [2.24, 2.45) is 0 Å². The molecule has 0 fully saturated rings. The number of esters is 1. The predicted octanol–water partition coefficient (Wildman–Crippen LogP) is 2.86. The minimum atomic E-state index is -4.86. The molecule has 30 heavy (non-hydrogen) atoms. The van der Waals surface area contributed by atoms with Gasteiger partial charge < -0.3 is 10.1 Å². The number of aromatic nitrogens is 5. The number of amides is 1. The fourth-order valence-electron chi connectivity index (χ4n) is 2.67. The van der Waals surface area contributed by atoms with Gasteiger partial charge in [-0.15, -0.1) is 0 Å². The summed E-state index contributed by atoms with van der Waals surface area (Å²) in [6.45, 7) is 3.00. The van der Waals surface area contributed by atoms with Crippen LogP contribution in [-0.4, -0.2) is 43.0 Å². The average molecular weight is 422 g/mol. The largest absolute Gasteiger partial charge is 0.462 e. The van der Waals surface area contributed by atoms with E-state index in [4.69, 9.17) is 0 Å². The first-order valence-corrected chi connectivity index (χ1v) is 8.80. The quantitative estimate of drug-likeness (QED) is 0.613. The molecule has 0 aliphatic carbocycles. The third kappa shape index (κ3) is 4.31. The average Bonchev–Trinajstić information content (AvgIpc) is 3.37. The van der Waals surface area contributed by atoms with Gasteiger partial charge in [-0.3, -0.25) is 4.79 Å². The highest BCUT2D eigenvalue weighted by Crippen LogP contribution is 2.34. The number of ether oxygens (including phenoxy) is 1. The van der Waals surface area contributed by atoms with Crippen molar-refractivity contribution in [3.63, 3.8) is 0 Å². The van der Waals surface area contributed by atoms with Crippen LogP contribution in [-0.2, 0) is 15.7 Å². The molecule has 1 atom stereocenters. The summed E-state index contributed by atoms with van der Waals surface area (Å²) in [5, 5.41) is 10.2. The number of hydrogen-bond donors (Lipinski definition) is 1. The van der Waals surface area contributed by atoms with E-state index in [1.165, 1.54) is 48.5 Å². The van der Waals surface area contributed by atoms with E-state index in [2.05, 4.69) is 25.2 Å². The summed E-state index contributed by atoms with van der Waals surface area (Å²) in [6, 6.07) is 4.95. The molecule has 0 saturated heterocycles. The number of halogens is 3. The van der Waals surface area contributed by atoms with E-state index in [0.29, 0.717) is 4.68 Å². The van der Waals surface area contributed by atoms with Crippen LogP contribution in [0.3, 0.4) is 0 Å². The molecule has 0 bridgehead atoms. The normalized spacial score (nSPS) is 12.4. The Morgan fingerprint density at radius 2 is 2.03 bits per heavy atom. The summed E-state index contributed by atoms with van der Waals surface area (Å²) in [6.07, 6.45) is -1.41. The standard InChI is InChI=1S/C18H17F3N6O3/c1-3-30-17(29)14-8-23-27(15(14)18(19,20)21)13-6-4-5-12(7-13)25-16(28)11(2)26-10-22-9-24-26/h4-11H,3H2,1-2H3,(H,25,28). The van der Waals surface area contributed by atoms with E-state index in [1.54, 1.807) is 6.92 Å². The summed E-state index contributed by atoms with van der Waals surface area (Å²) in [4.78, 5) is 28.1. The molecular formula is C18H17F3N6O3. The molecule has 0 saturated carbocycles. The van der Waals surface area contributed by atoms with Gasteiger partial charge >= 0.3 is 12.1 Å². The van der Waals surface area contributed by atoms with E-state index in [9.17, 15) is 22.8 Å². The molecule has 1 unspecified atom stereocenters. The van der Waals surface area contributed by atoms with Crippen molar-refractivity contribution >= 4 is 17.6 Å². The highest BCUT2D eigenvalue weighted by molar-refractivity contribution is 5.93. The maximum absolute atomic E-state index is 13.6. The van der Waals surface area contributed by atoms with Gasteiger partial charge in [-0.2, -0.15) is 23.4 Å². The Morgan fingerprint density at radius 1 is 1.27 bits per heavy atom. The van der Waals surface area contributed by atoms with Crippen molar-refractivity contribution in [2.45, 2.75) is 26.1 Å². The first-order chi connectivity index (χ1) is 14.2. The number of hydrogen-bond acceptors (Lipinski definition) is 6. The van der Waals surface area contributed by atoms with Gasteiger partial charge in [0.25, 0.3) is 0 Å². The van der Waals surface area contributed by atoms with Crippen LogP contribution >= 0.6 is 0 Å². The smallest absolute Gasteiger partial charge is 0.434 e. The van der Waals surface area contributed by atoms with Crippen LogP contribution in [0.5, 0.6) is 0 Å². The highest BCUT2D eigenvalue weighted by atomic mass is 19.4. The molecule has 1 aromatic carbocycles. The van der Waals surface area contributed by atoms with Crippen LogP contribution < -0.4 is 5.32 Å². The lowest BCUT2D eigenvalue weighted by molar-refractivity contribution is -0.143. The minimum Gasteiger partial charge on any atom is -0.462 e. The Balaban J connectivity index is 1.92. The highest BCUT2D eigenvalue weighted by Gasteiger charge is 2.41. The fraction of sp³-hybridized carbons (Fsp3) is 0.278. The lowest BCUT2D eigenvalue weighted by Gasteiger charge is -2.15. The molecule has 0 radical (unpaired) electrons. The van der Waals surface area contributed by atoms with Gasteiger partial charge in [-0.25, -0.2) is 19.1 Å². The molecule has 0 aliphatic heterocycles. The molecule has 0 aliphatic rings. The molecule has 1 amide bonds. The molecular weight excluding hydrogens is 405 g/mol. The van der Waals surface area contributed by atoms with Gasteiger partial charge in [-0.05, 0) is 32.0 Å². The Hall–Kier alpha value is -3.70. The number of carbonyl (C=O) groups excluding carboxylic acids is 2. The van der Waals surface area contributed by atoms with E-state index < -0.39 is 35.4 Å². The first-order valence-electron chi connectivity index (χ1n) is 8.80. The van der Waals surface area contributed by atoms with Crippen molar-refractivity contribution in [1.29, 1.82) is 0 Å². The number of anilines is 1. The number of alkyl halides is 3. The second kappa shape index (κ2) is 8.35. The Bertz CT molecular complexity index is 1050. The molecule has 12 heteroatoms. The lowest BCUT2D eigenvalue weighted by atomic mass is 10.2. The first kappa shape index (κ1) is 21.0. The van der Waals surface area contributed by atoms with Gasteiger partial charge in [0, 0.05) is 5.69 Å². The number of rotatable bonds is 6. The summed E-state index contributed by atoms with van der Waals surface area (Å²) in [5.41, 5.74) is -1.71. The molecule has 9 nitrogen and oxygen atoms in total. The number of nitrogens with zero attached hydrogens (tertiary/aromatic N) is 5. The summed E-state index contributed by atoms with van der Waals surface area (Å²) in [5.74, 6) is -1.57. The molecule has 3 aromatic rings. The molecule has 2 aromatic heterocycles. The summed E-state index contributed by atoms with van der Waals surface area (Å²) >= 11 is 0. The fourth-order valence-corrected chi connectivity index (χ4v) is 2.67. The van der Waals surface area contributed by atoms with E-state index in [1.807, 2.05) is 0 Å². The van der Waals surface area contributed by atoms with E-state index in [0.717, 1.165) is 6.20 Å². The van der Waals surface area contributed by atoms with Crippen LogP contribution in [0, 0.1) is 0 Å². The second-order valence-corrected chi connectivity index (χ2v) is 6.13. The topological polar surface area (TPSA) is 104 Å². The molecule has 3 rings (SSSR count). The van der Waals surface area contributed by atoms with Crippen LogP contribution in [0.15, 0.2) is 43.1 Å². The minimum absolute atomic E-state index is 0.00378. The number of carbonyl (C=O) groups is 2. The molecule has 1 N–H and O–H groups in total. The van der Waals surface area contributed by atoms with E-state index in [-0.39, 0.29) is 18.0 Å². The monoisotopic (exact) mass is 422 g/mol. The van der Waals surface area contributed by atoms with Gasteiger partial charge in [0.1, 0.15) is 24.3 Å². The van der Waals surface area contributed by atoms with E-state index >= 15 is 0 Å². The van der Waals surface area contributed by atoms with Crippen molar-refractivity contribution in [2.75, 3.05) is 11.9 Å². The van der Waals surface area contributed by atoms with Gasteiger partial charge in [0.2, 0.25) is 5.91 Å². The zero-order valence-electron chi connectivity index (χ0n) is 15.9. The van der Waals surface area contributed by atoms with Crippen LogP contribution in [0.4, 0.5) is 18.9 Å².